The van der Waals surface area contributed by atoms with Crippen LogP contribution in [0.2, 0.25) is 0 Å². The highest BCUT2D eigenvalue weighted by Gasteiger charge is 2.38. The quantitative estimate of drug-likeness (QED) is 0.136. The number of methoxy groups -OCH3 is 1. The molecule has 0 spiro atoms. The fourth-order valence-electron chi connectivity index (χ4n) is 9.28. The number of fused-ring (bicyclic) bond motifs is 1. The van der Waals surface area contributed by atoms with Crippen LogP contribution in [0.1, 0.15) is 95.7 Å². The number of carbonyl (C=O) groups excluding carboxylic acids is 4. The van der Waals surface area contributed by atoms with Crippen molar-refractivity contribution in [3.63, 3.8) is 0 Å². The van der Waals surface area contributed by atoms with Crippen LogP contribution in [-0.4, -0.2) is 126 Å². The molecular formula is C47H66N8O8S2. The lowest BCUT2D eigenvalue weighted by atomic mass is 9.84. The summed E-state index contributed by atoms with van der Waals surface area (Å²) in [5, 5.41) is 7.34. The molecule has 354 valence electrons. The van der Waals surface area contributed by atoms with E-state index in [1.165, 1.54) is 9.21 Å². The van der Waals surface area contributed by atoms with Gasteiger partial charge in [0.15, 0.2) is 0 Å². The number of nitrogens with zero attached hydrogens (tertiary/aromatic N) is 6. The zero-order chi connectivity index (χ0) is 47.2. The summed E-state index contributed by atoms with van der Waals surface area (Å²) in [6.45, 7) is 15.7. The predicted molar refractivity (Wildman–Crippen MR) is 254 cm³/mol. The number of likely N-dealkylation sites (N-methyl/N-ethyl adjacent to an activating group) is 1. The Morgan fingerprint density at radius 1 is 1.15 bits per heavy atom. The van der Waals surface area contributed by atoms with E-state index in [9.17, 15) is 27.6 Å². The number of rotatable bonds is 20. The van der Waals surface area contributed by atoms with Crippen LogP contribution < -0.4 is 10.7 Å². The van der Waals surface area contributed by atoms with E-state index in [-0.39, 0.29) is 61.8 Å². The number of hydrazine groups is 1. The Labute approximate surface area is 388 Å². The van der Waals surface area contributed by atoms with Crippen LogP contribution in [0, 0.1) is 17.3 Å². The third kappa shape index (κ3) is 11.5. The Morgan fingerprint density at radius 3 is 2.60 bits per heavy atom. The molecule has 1 aromatic carbocycles. The molecule has 16 nitrogen and oxygen atoms in total. The molecule has 3 aliphatic heterocycles. The van der Waals surface area contributed by atoms with Crippen LogP contribution in [-0.2, 0) is 52.1 Å². The van der Waals surface area contributed by atoms with Crippen molar-refractivity contribution in [2.24, 2.45) is 29.3 Å². The lowest BCUT2D eigenvalue weighted by molar-refractivity contribution is -0.144. The van der Waals surface area contributed by atoms with Gasteiger partial charge in [-0.25, -0.2) is 13.8 Å². The van der Waals surface area contributed by atoms with E-state index in [0.717, 1.165) is 62.3 Å². The predicted octanol–water partition coefficient (Wildman–Crippen LogP) is 5.55. The molecule has 0 radical (unpaired) electrons. The molecule has 2 saturated heterocycles. The highest BCUT2D eigenvalue weighted by atomic mass is 32.2. The number of amides is 3. The molecule has 18 heteroatoms. The molecule has 65 heavy (non-hydrogen) atoms. The van der Waals surface area contributed by atoms with Crippen molar-refractivity contribution in [1.82, 2.24) is 34.5 Å². The summed E-state index contributed by atoms with van der Waals surface area (Å²) in [7, 11) is 1.73. The normalized spacial score (nSPS) is 19.8. The number of benzene rings is 1. The summed E-state index contributed by atoms with van der Waals surface area (Å²) in [5.41, 5.74) is 8.70. The molecule has 1 unspecified atom stereocenters. The average molecular weight is 935 g/mol. The maximum absolute atomic E-state index is 14.3. The van der Waals surface area contributed by atoms with Gasteiger partial charge in [0.25, 0.3) is 12.4 Å². The number of aryl methyl sites for hydroxylation is 1. The number of pyridine rings is 1. The van der Waals surface area contributed by atoms with Crippen molar-refractivity contribution in [2.75, 3.05) is 52.7 Å². The van der Waals surface area contributed by atoms with Gasteiger partial charge in [0.2, 0.25) is 21.8 Å². The summed E-state index contributed by atoms with van der Waals surface area (Å²) in [6.07, 6.45) is 4.68. The fourth-order valence-corrected chi connectivity index (χ4v) is 11.4. The second kappa shape index (κ2) is 21.3. The van der Waals surface area contributed by atoms with Crippen LogP contribution in [0.25, 0.3) is 22.2 Å². The summed E-state index contributed by atoms with van der Waals surface area (Å²) in [6, 6.07) is 8.36. The van der Waals surface area contributed by atoms with Gasteiger partial charge in [-0.05, 0) is 79.8 Å². The van der Waals surface area contributed by atoms with Crippen LogP contribution in [0.3, 0.4) is 0 Å². The lowest BCUT2D eigenvalue weighted by Gasteiger charge is -2.34. The second-order valence-corrected chi connectivity index (χ2v) is 21.5. The summed E-state index contributed by atoms with van der Waals surface area (Å²) >= 11 is 1.57. The third-order valence-electron chi connectivity index (χ3n) is 12.8. The molecule has 0 aliphatic carbocycles. The first-order valence-electron chi connectivity index (χ1n) is 22.5. The minimum absolute atomic E-state index is 0.0898. The molecule has 0 bridgehead atoms. The Balaban J connectivity index is 1.27. The van der Waals surface area contributed by atoms with E-state index in [1.807, 2.05) is 33.9 Å². The van der Waals surface area contributed by atoms with Crippen molar-refractivity contribution in [3.05, 3.63) is 65.3 Å². The van der Waals surface area contributed by atoms with E-state index < -0.39 is 33.4 Å². The van der Waals surface area contributed by atoms with Gasteiger partial charge in [0.05, 0.1) is 35.2 Å². The number of nitrogens with one attached hydrogen (secondary N) is 2. The smallest absolute Gasteiger partial charge is 0.293 e. The average Bonchev–Trinajstić information content (AvgIpc) is 4.03. The van der Waals surface area contributed by atoms with Gasteiger partial charge in [-0.15, -0.1) is 11.8 Å². The van der Waals surface area contributed by atoms with Crippen LogP contribution in [0.5, 0.6) is 0 Å². The number of carbonyl (C=O) groups is 4. The van der Waals surface area contributed by atoms with Crippen LogP contribution in [0.15, 0.2) is 53.5 Å². The van der Waals surface area contributed by atoms with Gasteiger partial charge < -0.3 is 24.3 Å². The number of thioether (sulfide) groups is 1. The SMILES string of the molecule is C=CS(=O)(=O)N1CC[C@H](CC(=O)N(C)[C@H](C(=O)N[C@@H](CC2=NC(c3ccc4c(c3)c(CC(C)(C)COC=O)c(-c3cccnc3[C@H](C)OC)n4C)CS2)C(=O)N2CCCCN2)C(C)C)C1. The van der Waals surface area contributed by atoms with Crippen LogP contribution >= 0.6 is 11.8 Å². The zero-order valence-corrected chi connectivity index (χ0v) is 40.7. The van der Waals surface area contributed by atoms with Crippen molar-refractivity contribution in [3.8, 4) is 11.3 Å². The van der Waals surface area contributed by atoms with E-state index in [1.54, 1.807) is 37.1 Å². The third-order valence-corrected chi connectivity index (χ3v) is 15.4. The number of aliphatic imine (C=N–C) groups is 1. The molecule has 3 aliphatic rings. The van der Waals surface area contributed by atoms with Gasteiger partial charge in [-0.3, -0.25) is 34.2 Å². The minimum atomic E-state index is -3.59. The number of hydrogen-bond donors (Lipinski definition) is 2. The molecule has 5 atom stereocenters. The molecule has 3 amide bonds. The number of aromatic nitrogens is 2. The highest BCUT2D eigenvalue weighted by Crippen LogP contribution is 2.42. The summed E-state index contributed by atoms with van der Waals surface area (Å²) in [5.74, 6) is -0.810. The fraction of sp³-hybridized carbons (Fsp3) is 0.574. The van der Waals surface area contributed by atoms with Gasteiger partial charge in [0.1, 0.15) is 12.1 Å². The Morgan fingerprint density at radius 2 is 1.92 bits per heavy atom. The van der Waals surface area contributed by atoms with Gasteiger partial charge in [-0.1, -0.05) is 40.3 Å². The Hall–Kier alpha value is -4.62. The number of hydrogen-bond acceptors (Lipinski definition) is 12. The van der Waals surface area contributed by atoms with E-state index >= 15 is 0 Å². The van der Waals surface area contributed by atoms with E-state index in [2.05, 4.69) is 60.0 Å². The van der Waals surface area contributed by atoms with Crippen LogP contribution in [0.4, 0.5) is 0 Å². The van der Waals surface area contributed by atoms with Gasteiger partial charge in [0, 0.05) is 99.5 Å². The van der Waals surface area contributed by atoms with E-state index in [0.29, 0.717) is 44.7 Å². The highest BCUT2D eigenvalue weighted by molar-refractivity contribution is 8.14. The number of sulfonamides is 1. The minimum Gasteiger partial charge on any atom is -0.467 e. The number of ether oxygens (including phenoxy) is 2. The van der Waals surface area contributed by atoms with Gasteiger partial charge >= 0.3 is 0 Å². The zero-order valence-electron chi connectivity index (χ0n) is 39.0. The molecule has 3 aromatic rings. The molecule has 5 heterocycles. The molecule has 2 N–H and O–H groups in total. The lowest BCUT2D eigenvalue weighted by Crippen LogP contribution is -2.59. The summed E-state index contributed by atoms with van der Waals surface area (Å²) in [4.78, 5) is 64.8. The first-order valence-corrected chi connectivity index (χ1v) is 25.0. The molecule has 6 rings (SSSR count). The maximum atomic E-state index is 14.3. The standard InChI is InChI=1S/C47H66N8O8S2/c1-10-65(60,61)54-21-17-32(26-54)22-41(57)53(8)43(30(2)3)45(58)51-37(46(59)55-20-12-11-19-49-55)24-40-50-38(27-64-40)33-15-16-39-35(23-33)36(25-47(5,6)28-63-29-56)44(52(39)7)34-14-13-18-48-42(34)31(4)62-9/h10,13-16,18,23,29-32,37-38,43,49H,1,11-12,17,19-22,24-28H2,2-9H3,(H,51,58)/t31-,32+,37-,38?,43-/m0/s1. The largest absolute Gasteiger partial charge is 0.467 e. The molecule has 0 saturated carbocycles. The molecule has 2 aromatic heterocycles. The monoisotopic (exact) mass is 934 g/mol. The van der Waals surface area contributed by atoms with E-state index in [4.69, 9.17) is 19.5 Å². The van der Waals surface area contributed by atoms with Crippen molar-refractivity contribution >= 4 is 61.9 Å². The van der Waals surface area contributed by atoms with Crippen molar-refractivity contribution in [1.29, 1.82) is 0 Å². The Kier molecular flexibility index (Phi) is 16.4. The molecular weight excluding hydrogens is 869 g/mol. The first kappa shape index (κ1) is 49.8. The molecule has 2 fully saturated rings. The van der Waals surface area contributed by atoms with Crippen molar-refractivity contribution in [2.45, 2.75) is 97.4 Å². The summed E-state index contributed by atoms with van der Waals surface area (Å²) < 4.78 is 39.3. The van der Waals surface area contributed by atoms with Crippen molar-refractivity contribution < 1.29 is 37.1 Å². The maximum Gasteiger partial charge on any atom is 0.293 e. The second-order valence-electron chi connectivity index (χ2n) is 18.6. The first-order chi connectivity index (χ1) is 30.9. The van der Waals surface area contributed by atoms with Gasteiger partial charge in [-0.2, -0.15) is 4.31 Å². The Bertz CT molecular complexity index is 2380. The topological polar surface area (TPSA) is 185 Å².